The number of nitrogens with one attached hydrogen (secondary N) is 3. The fraction of sp³-hybridized carbons (Fsp3) is 0.0870. The van der Waals surface area contributed by atoms with Gasteiger partial charge in [-0.3, -0.25) is 5.41 Å². The van der Waals surface area contributed by atoms with Crippen molar-refractivity contribution in [2.24, 2.45) is 4.99 Å². The highest BCUT2D eigenvalue weighted by atomic mass is 32.2. The third kappa shape index (κ3) is 4.62. The molecule has 6 nitrogen and oxygen atoms in total. The molecule has 2 heterocycles. The van der Waals surface area contributed by atoms with Crippen LogP contribution in [0.25, 0.3) is 27.8 Å². The SMILES string of the molecule is CSNc1cc(-c2ccc(F)cc2F)cc(-c2cnn3cc(N/C=N\C(C)=N)ccc23)c1. The molecule has 0 amide bonds. The highest BCUT2D eigenvalue weighted by molar-refractivity contribution is 7.99. The molecule has 0 spiro atoms. The van der Waals surface area contributed by atoms with E-state index >= 15 is 0 Å². The Balaban J connectivity index is 1.76. The topological polar surface area (TPSA) is 77.6 Å². The van der Waals surface area contributed by atoms with Gasteiger partial charge in [0.15, 0.2) is 0 Å². The summed E-state index contributed by atoms with van der Waals surface area (Å²) in [5.74, 6) is -1.03. The van der Waals surface area contributed by atoms with Crippen LogP contribution in [-0.4, -0.2) is 28.0 Å². The lowest BCUT2D eigenvalue weighted by atomic mass is 9.98. The summed E-state index contributed by atoms with van der Waals surface area (Å²) in [4.78, 5) is 3.89. The lowest BCUT2D eigenvalue weighted by Crippen LogP contribution is -1.99. The Bertz CT molecular complexity index is 1330. The van der Waals surface area contributed by atoms with Gasteiger partial charge < -0.3 is 10.0 Å². The number of hydrogen-bond acceptors (Lipinski definition) is 4. The molecule has 0 saturated carbocycles. The van der Waals surface area contributed by atoms with Crippen LogP contribution < -0.4 is 10.0 Å². The Morgan fingerprint density at radius 1 is 1.06 bits per heavy atom. The van der Waals surface area contributed by atoms with E-state index in [0.29, 0.717) is 11.1 Å². The van der Waals surface area contributed by atoms with E-state index in [4.69, 9.17) is 5.41 Å². The Labute approximate surface area is 188 Å². The first-order valence-corrected chi connectivity index (χ1v) is 10.9. The highest BCUT2D eigenvalue weighted by Gasteiger charge is 2.13. The molecular weight excluding hydrogens is 430 g/mol. The molecule has 3 N–H and O–H groups in total. The zero-order valence-corrected chi connectivity index (χ0v) is 18.2. The van der Waals surface area contributed by atoms with E-state index in [1.54, 1.807) is 17.6 Å². The van der Waals surface area contributed by atoms with Gasteiger partial charge in [-0.05, 0) is 60.5 Å². The number of anilines is 2. The number of rotatable bonds is 6. The van der Waals surface area contributed by atoms with Gasteiger partial charge in [0.1, 0.15) is 17.5 Å². The Hall–Kier alpha value is -3.72. The molecule has 2 aromatic heterocycles. The number of nitrogens with zero attached hydrogens (tertiary/aromatic N) is 3. The Morgan fingerprint density at radius 2 is 1.84 bits per heavy atom. The average molecular weight is 451 g/mol. The molecule has 162 valence electrons. The van der Waals surface area contributed by atoms with Gasteiger partial charge in [-0.15, -0.1) is 0 Å². The fourth-order valence-corrected chi connectivity index (χ4v) is 3.69. The van der Waals surface area contributed by atoms with Crippen LogP contribution in [0.1, 0.15) is 6.92 Å². The van der Waals surface area contributed by atoms with Crippen molar-refractivity contribution < 1.29 is 8.78 Å². The largest absolute Gasteiger partial charge is 0.345 e. The second-order valence-electron chi connectivity index (χ2n) is 7.02. The summed E-state index contributed by atoms with van der Waals surface area (Å²) < 4.78 is 32.8. The number of pyridine rings is 1. The summed E-state index contributed by atoms with van der Waals surface area (Å²) in [6.07, 6.45) is 6.92. The first-order valence-electron chi connectivity index (χ1n) is 9.66. The van der Waals surface area contributed by atoms with Gasteiger partial charge >= 0.3 is 0 Å². The van der Waals surface area contributed by atoms with Gasteiger partial charge in [0, 0.05) is 29.1 Å². The van der Waals surface area contributed by atoms with Crippen LogP contribution in [-0.2, 0) is 0 Å². The lowest BCUT2D eigenvalue weighted by molar-refractivity contribution is 0.585. The molecule has 0 aliphatic heterocycles. The zero-order chi connectivity index (χ0) is 22.7. The van der Waals surface area contributed by atoms with Crippen LogP contribution in [0.2, 0.25) is 0 Å². The molecule has 0 bridgehead atoms. The summed E-state index contributed by atoms with van der Waals surface area (Å²) in [5.41, 5.74) is 5.10. The van der Waals surface area contributed by atoms with Crippen molar-refractivity contribution in [2.75, 3.05) is 16.3 Å². The van der Waals surface area contributed by atoms with Gasteiger partial charge in [0.25, 0.3) is 0 Å². The van der Waals surface area contributed by atoms with E-state index in [2.05, 4.69) is 20.1 Å². The van der Waals surface area contributed by atoms with Gasteiger partial charge in [0.05, 0.1) is 29.9 Å². The fourth-order valence-electron chi connectivity index (χ4n) is 3.33. The first-order chi connectivity index (χ1) is 15.4. The van der Waals surface area contributed by atoms with Crippen molar-refractivity contribution in [1.29, 1.82) is 5.41 Å². The van der Waals surface area contributed by atoms with E-state index < -0.39 is 11.6 Å². The molecule has 0 radical (unpaired) electrons. The molecule has 2 aromatic carbocycles. The Kier molecular flexibility index (Phi) is 6.18. The normalized spacial score (nSPS) is 11.2. The van der Waals surface area contributed by atoms with E-state index in [9.17, 15) is 8.78 Å². The molecular formula is C23H20F2N6S. The van der Waals surface area contributed by atoms with Gasteiger partial charge in [-0.25, -0.2) is 18.3 Å². The minimum atomic E-state index is -0.616. The van der Waals surface area contributed by atoms with E-state index in [1.807, 2.05) is 42.8 Å². The average Bonchev–Trinajstić information content (AvgIpc) is 3.17. The van der Waals surface area contributed by atoms with Crippen LogP contribution in [0.4, 0.5) is 20.2 Å². The predicted octanol–water partition coefficient (Wildman–Crippen LogP) is 6.07. The maximum Gasteiger partial charge on any atom is 0.133 e. The Morgan fingerprint density at radius 3 is 2.56 bits per heavy atom. The second-order valence-corrected chi connectivity index (χ2v) is 7.64. The van der Waals surface area contributed by atoms with Crippen molar-refractivity contribution in [3.05, 3.63) is 72.6 Å². The summed E-state index contributed by atoms with van der Waals surface area (Å²) in [6, 6.07) is 13.0. The van der Waals surface area contributed by atoms with Crippen molar-refractivity contribution >= 4 is 41.0 Å². The van der Waals surface area contributed by atoms with Crippen LogP contribution in [0.3, 0.4) is 0 Å². The van der Waals surface area contributed by atoms with Crippen molar-refractivity contribution in [3.8, 4) is 22.3 Å². The van der Waals surface area contributed by atoms with Crippen LogP contribution in [0.5, 0.6) is 0 Å². The monoisotopic (exact) mass is 450 g/mol. The van der Waals surface area contributed by atoms with Gasteiger partial charge in [-0.1, -0.05) is 11.9 Å². The molecule has 0 fully saturated rings. The van der Waals surface area contributed by atoms with Crippen molar-refractivity contribution in [1.82, 2.24) is 9.61 Å². The summed E-state index contributed by atoms with van der Waals surface area (Å²) in [5, 5.41) is 14.8. The maximum absolute atomic E-state index is 14.5. The quantitative estimate of drug-likeness (QED) is 0.189. The summed E-state index contributed by atoms with van der Waals surface area (Å²) in [7, 11) is 0. The highest BCUT2D eigenvalue weighted by Crippen LogP contribution is 2.34. The smallest absolute Gasteiger partial charge is 0.133 e. The molecule has 0 saturated heterocycles. The number of amidine groups is 1. The standard InChI is InChI=1S/C23H20F2N6S/c1-14(26)27-13-28-18-4-6-23-21(11-29-31(23)12-18)16-7-15(8-19(9-16)30-32-2)20-5-3-17(24)10-22(20)25/h3-13,30H,1-2H3,(H2,26,27,28). The minimum absolute atomic E-state index is 0.201. The number of aromatic nitrogens is 2. The van der Waals surface area contributed by atoms with Crippen molar-refractivity contribution in [2.45, 2.75) is 6.92 Å². The van der Waals surface area contributed by atoms with Crippen LogP contribution >= 0.6 is 11.9 Å². The number of hydrogen-bond donors (Lipinski definition) is 3. The number of fused-ring (bicyclic) bond motifs is 1. The number of benzene rings is 2. The third-order valence-electron chi connectivity index (χ3n) is 4.71. The molecule has 4 aromatic rings. The number of aliphatic imine (C=N–C) groups is 1. The molecule has 0 aliphatic rings. The molecule has 4 rings (SSSR count). The van der Waals surface area contributed by atoms with Crippen LogP contribution in [0.15, 0.2) is 65.9 Å². The zero-order valence-electron chi connectivity index (χ0n) is 17.4. The molecule has 0 atom stereocenters. The summed E-state index contributed by atoms with van der Waals surface area (Å²) in [6.45, 7) is 1.59. The third-order valence-corrected chi connectivity index (χ3v) is 5.15. The predicted molar refractivity (Wildman–Crippen MR) is 129 cm³/mol. The lowest BCUT2D eigenvalue weighted by Gasteiger charge is -2.11. The maximum atomic E-state index is 14.5. The molecule has 9 heteroatoms. The van der Waals surface area contributed by atoms with E-state index in [1.165, 1.54) is 30.4 Å². The van der Waals surface area contributed by atoms with Crippen LogP contribution in [0, 0.1) is 17.0 Å². The van der Waals surface area contributed by atoms with E-state index in [-0.39, 0.29) is 5.84 Å². The molecule has 32 heavy (non-hydrogen) atoms. The summed E-state index contributed by atoms with van der Waals surface area (Å²) >= 11 is 1.43. The molecule has 0 aliphatic carbocycles. The number of halogens is 2. The molecule has 0 unspecified atom stereocenters. The van der Waals surface area contributed by atoms with Crippen molar-refractivity contribution in [3.63, 3.8) is 0 Å². The minimum Gasteiger partial charge on any atom is -0.345 e. The van der Waals surface area contributed by atoms with Gasteiger partial charge in [-0.2, -0.15) is 5.10 Å². The van der Waals surface area contributed by atoms with E-state index in [0.717, 1.165) is 34.1 Å². The van der Waals surface area contributed by atoms with Gasteiger partial charge in [0.2, 0.25) is 0 Å². The second kappa shape index (κ2) is 9.19. The first kappa shape index (κ1) is 21.5.